The summed E-state index contributed by atoms with van der Waals surface area (Å²) in [5.41, 5.74) is 5.35. The van der Waals surface area contributed by atoms with Crippen molar-refractivity contribution in [2.75, 3.05) is 13.6 Å². The van der Waals surface area contributed by atoms with Gasteiger partial charge < -0.3 is 10.6 Å². The number of halogens is 1. The van der Waals surface area contributed by atoms with Crippen molar-refractivity contribution in [1.29, 1.82) is 0 Å². The van der Waals surface area contributed by atoms with E-state index >= 15 is 0 Å². The van der Waals surface area contributed by atoms with E-state index in [1.807, 2.05) is 0 Å². The lowest BCUT2D eigenvalue weighted by Crippen LogP contribution is -2.35. The fourth-order valence-corrected chi connectivity index (χ4v) is 1.36. The van der Waals surface area contributed by atoms with Crippen LogP contribution in [0.3, 0.4) is 0 Å². The Kier molecular flexibility index (Phi) is 3.68. The number of nitrogens with two attached hydrogens (primary N) is 1. The number of nitrogens with zero attached hydrogens (tertiary/aromatic N) is 1. The Morgan fingerprint density at radius 3 is 2.53 bits per heavy atom. The number of likely N-dealkylation sites (N-methyl/N-ethyl adjacent to an activating group) is 1. The van der Waals surface area contributed by atoms with Crippen molar-refractivity contribution in [1.82, 2.24) is 4.90 Å². The predicted octanol–water partition coefficient (Wildman–Crippen LogP) is 0.897. The van der Waals surface area contributed by atoms with Crippen molar-refractivity contribution in [2.45, 2.75) is 0 Å². The van der Waals surface area contributed by atoms with Gasteiger partial charge >= 0.3 is 0 Å². The summed E-state index contributed by atoms with van der Waals surface area (Å²) < 4.78 is 0. The smallest absolute Gasteiger partial charge is 0.255 e. The SMILES string of the molecule is CN(CC(N)=O)C(=O)c1ccccc1Cl. The minimum absolute atomic E-state index is 0.121. The summed E-state index contributed by atoms with van der Waals surface area (Å²) in [6.07, 6.45) is 0. The van der Waals surface area contributed by atoms with E-state index in [4.69, 9.17) is 17.3 Å². The molecule has 0 unspecified atom stereocenters. The monoisotopic (exact) mass is 226 g/mol. The number of carbonyl (C=O) groups excluding carboxylic acids is 2. The molecule has 15 heavy (non-hydrogen) atoms. The van der Waals surface area contributed by atoms with Crippen LogP contribution in [0.1, 0.15) is 10.4 Å². The zero-order chi connectivity index (χ0) is 11.4. The Morgan fingerprint density at radius 2 is 2.00 bits per heavy atom. The van der Waals surface area contributed by atoms with E-state index in [2.05, 4.69) is 0 Å². The Labute approximate surface area is 92.6 Å². The van der Waals surface area contributed by atoms with Crippen LogP contribution in [0, 0.1) is 0 Å². The highest BCUT2D eigenvalue weighted by atomic mass is 35.5. The van der Waals surface area contributed by atoms with E-state index in [0.29, 0.717) is 10.6 Å². The fourth-order valence-electron chi connectivity index (χ4n) is 1.15. The number of hydrogen-bond donors (Lipinski definition) is 1. The Bertz CT molecular complexity index is 393. The van der Waals surface area contributed by atoms with E-state index in [9.17, 15) is 9.59 Å². The average molecular weight is 227 g/mol. The van der Waals surface area contributed by atoms with Crippen molar-refractivity contribution in [3.05, 3.63) is 34.9 Å². The number of hydrogen-bond acceptors (Lipinski definition) is 2. The second kappa shape index (κ2) is 4.79. The molecule has 0 atom stereocenters. The van der Waals surface area contributed by atoms with Crippen molar-refractivity contribution < 1.29 is 9.59 Å². The van der Waals surface area contributed by atoms with Gasteiger partial charge in [-0.1, -0.05) is 23.7 Å². The zero-order valence-electron chi connectivity index (χ0n) is 8.24. The van der Waals surface area contributed by atoms with Crippen molar-refractivity contribution in [2.24, 2.45) is 5.73 Å². The second-order valence-corrected chi connectivity index (χ2v) is 3.51. The highest BCUT2D eigenvalue weighted by molar-refractivity contribution is 6.33. The predicted molar refractivity (Wildman–Crippen MR) is 57.6 cm³/mol. The van der Waals surface area contributed by atoms with Crippen LogP contribution < -0.4 is 5.73 Å². The maximum absolute atomic E-state index is 11.7. The Morgan fingerprint density at radius 1 is 1.40 bits per heavy atom. The molecular weight excluding hydrogens is 216 g/mol. The van der Waals surface area contributed by atoms with Crippen LogP contribution in [-0.2, 0) is 4.79 Å². The van der Waals surface area contributed by atoms with Crippen molar-refractivity contribution in [3.8, 4) is 0 Å². The van der Waals surface area contributed by atoms with Crippen LogP contribution in [0.15, 0.2) is 24.3 Å². The Hall–Kier alpha value is -1.55. The molecule has 2 N–H and O–H groups in total. The third kappa shape index (κ3) is 2.95. The van der Waals surface area contributed by atoms with Crippen LogP contribution in [0.2, 0.25) is 5.02 Å². The van der Waals surface area contributed by atoms with Gasteiger partial charge in [0, 0.05) is 7.05 Å². The van der Waals surface area contributed by atoms with Crippen molar-refractivity contribution in [3.63, 3.8) is 0 Å². The molecule has 0 heterocycles. The van der Waals surface area contributed by atoms with Gasteiger partial charge in [-0.3, -0.25) is 9.59 Å². The maximum atomic E-state index is 11.7. The number of primary amides is 1. The molecule has 0 aliphatic rings. The van der Waals surface area contributed by atoms with E-state index in [-0.39, 0.29) is 12.5 Å². The van der Waals surface area contributed by atoms with Gasteiger partial charge in [0.2, 0.25) is 5.91 Å². The molecule has 0 bridgehead atoms. The summed E-state index contributed by atoms with van der Waals surface area (Å²) in [5.74, 6) is -0.877. The lowest BCUT2D eigenvalue weighted by molar-refractivity contribution is -0.118. The number of amides is 2. The summed E-state index contributed by atoms with van der Waals surface area (Å²) in [4.78, 5) is 23.6. The van der Waals surface area contributed by atoms with Gasteiger partial charge in [0.05, 0.1) is 17.1 Å². The summed E-state index contributed by atoms with van der Waals surface area (Å²) in [6.45, 7) is -0.121. The van der Waals surface area contributed by atoms with Gasteiger partial charge in [0.1, 0.15) is 0 Å². The summed E-state index contributed by atoms with van der Waals surface area (Å²) >= 11 is 5.84. The highest BCUT2D eigenvalue weighted by Gasteiger charge is 2.15. The fraction of sp³-hybridized carbons (Fsp3) is 0.200. The first-order chi connectivity index (χ1) is 7.02. The van der Waals surface area contributed by atoms with Gasteiger partial charge in [-0.15, -0.1) is 0 Å². The van der Waals surface area contributed by atoms with E-state index in [0.717, 1.165) is 0 Å². The lowest BCUT2D eigenvalue weighted by Gasteiger charge is -2.15. The van der Waals surface area contributed by atoms with E-state index < -0.39 is 5.91 Å². The van der Waals surface area contributed by atoms with Gasteiger partial charge in [-0.25, -0.2) is 0 Å². The van der Waals surface area contributed by atoms with E-state index in [1.54, 1.807) is 24.3 Å². The average Bonchev–Trinajstić information content (AvgIpc) is 2.16. The third-order valence-corrected chi connectivity index (χ3v) is 2.17. The van der Waals surface area contributed by atoms with Gasteiger partial charge in [-0.2, -0.15) is 0 Å². The molecule has 1 aromatic rings. The molecule has 5 heteroatoms. The molecule has 1 rings (SSSR count). The summed E-state index contributed by atoms with van der Waals surface area (Å²) in [5, 5.41) is 0.360. The Balaban J connectivity index is 2.85. The number of carbonyl (C=O) groups is 2. The lowest BCUT2D eigenvalue weighted by atomic mass is 10.2. The maximum Gasteiger partial charge on any atom is 0.255 e. The first-order valence-corrected chi connectivity index (χ1v) is 4.68. The van der Waals surface area contributed by atoms with Gasteiger partial charge in [-0.05, 0) is 12.1 Å². The summed E-state index contributed by atoms with van der Waals surface area (Å²) in [7, 11) is 1.50. The zero-order valence-corrected chi connectivity index (χ0v) is 8.99. The molecule has 0 fully saturated rings. The molecule has 0 aromatic heterocycles. The minimum Gasteiger partial charge on any atom is -0.368 e. The third-order valence-electron chi connectivity index (χ3n) is 1.84. The molecule has 1 aromatic carbocycles. The largest absolute Gasteiger partial charge is 0.368 e. The molecule has 0 saturated carbocycles. The summed E-state index contributed by atoms with van der Waals surface area (Å²) in [6, 6.07) is 6.65. The first kappa shape index (κ1) is 11.5. The molecule has 0 radical (unpaired) electrons. The molecule has 0 spiro atoms. The number of benzene rings is 1. The first-order valence-electron chi connectivity index (χ1n) is 4.30. The molecule has 0 aliphatic heterocycles. The van der Waals surface area contributed by atoms with Crippen LogP contribution in [0.5, 0.6) is 0 Å². The van der Waals surface area contributed by atoms with Crippen LogP contribution in [0.25, 0.3) is 0 Å². The molecular formula is C10H11ClN2O2. The van der Waals surface area contributed by atoms with Crippen LogP contribution in [-0.4, -0.2) is 30.3 Å². The standard InChI is InChI=1S/C10H11ClN2O2/c1-13(6-9(12)14)10(15)7-4-2-3-5-8(7)11/h2-5H,6H2,1H3,(H2,12,14). The highest BCUT2D eigenvalue weighted by Crippen LogP contribution is 2.16. The molecule has 2 amide bonds. The topological polar surface area (TPSA) is 63.4 Å². The van der Waals surface area contributed by atoms with Crippen molar-refractivity contribution >= 4 is 23.4 Å². The normalized spacial score (nSPS) is 9.73. The van der Waals surface area contributed by atoms with Gasteiger partial charge in [0.15, 0.2) is 0 Å². The molecule has 80 valence electrons. The number of rotatable bonds is 3. The van der Waals surface area contributed by atoms with E-state index in [1.165, 1.54) is 11.9 Å². The quantitative estimate of drug-likeness (QED) is 0.832. The van der Waals surface area contributed by atoms with Gasteiger partial charge in [0.25, 0.3) is 5.91 Å². The molecule has 0 saturated heterocycles. The second-order valence-electron chi connectivity index (χ2n) is 3.11. The molecule has 0 aliphatic carbocycles. The van der Waals surface area contributed by atoms with Crippen LogP contribution in [0.4, 0.5) is 0 Å². The molecule has 4 nitrogen and oxygen atoms in total. The van der Waals surface area contributed by atoms with Crippen LogP contribution >= 0.6 is 11.6 Å². The minimum atomic E-state index is -0.557.